The number of hydrogen-bond acceptors (Lipinski definition) is 4. The normalized spacial score (nSPS) is 15.5. The van der Waals surface area contributed by atoms with Crippen LogP contribution in [0.2, 0.25) is 0 Å². The minimum absolute atomic E-state index is 0.202. The molecule has 2 N–H and O–H groups in total. The smallest absolute Gasteiger partial charge is 0.258 e. The molecular weight excluding hydrogens is 390 g/mol. The Hall–Kier alpha value is -2.68. The zero-order valence-electron chi connectivity index (χ0n) is 16.4. The third-order valence-electron chi connectivity index (χ3n) is 5.15. The van der Waals surface area contributed by atoms with E-state index in [4.69, 9.17) is 4.74 Å². The molecule has 0 radical (unpaired) electrons. The SMILES string of the molecule is Cc1ccc(NC(=O)c2c(C)[nH]c3ccccc23)cc1S(=O)(=O)N1CCOCC1. The summed E-state index contributed by atoms with van der Waals surface area (Å²) in [4.78, 5) is 16.4. The number of benzene rings is 2. The topological polar surface area (TPSA) is 91.5 Å². The standard InChI is InChI=1S/C21H23N3O4S/c1-14-7-8-16(13-19(14)29(26,27)24-9-11-28-12-10-24)23-21(25)20-15(2)22-18-6-4-3-5-17(18)20/h3-8,13,22H,9-12H2,1-2H3,(H,23,25). The number of para-hydroxylation sites is 1. The molecule has 0 unspecified atom stereocenters. The van der Waals surface area contributed by atoms with Crippen molar-refractivity contribution in [1.82, 2.24) is 9.29 Å². The first kappa shape index (κ1) is 19.6. The predicted molar refractivity (Wildman–Crippen MR) is 112 cm³/mol. The van der Waals surface area contributed by atoms with Gasteiger partial charge in [0.25, 0.3) is 5.91 Å². The molecule has 1 aliphatic rings. The average Bonchev–Trinajstić information content (AvgIpc) is 3.05. The second-order valence-corrected chi connectivity index (χ2v) is 9.03. The molecule has 0 aliphatic carbocycles. The van der Waals surface area contributed by atoms with Gasteiger partial charge in [0.1, 0.15) is 0 Å². The number of aromatic amines is 1. The Morgan fingerprint density at radius 1 is 1.10 bits per heavy atom. The molecule has 29 heavy (non-hydrogen) atoms. The Kier molecular flexibility index (Phi) is 5.16. The van der Waals surface area contributed by atoms with Gasteiger partial charge in [0.2, 0.25) is 10.0 Å². The summed E-state index contributed by atoms with van der Waals surface area (Å²) in [6.45, 7) is 5.02. The van der Waals surface area contributed by atoms with Crippen LogP contribution in [0.15, 0.2) is 47.4 Å². The number of ether oxygens (including phenoxy) is 1. The first-order chi connectivity index (χ1) is 13.9. The molecule has 1 saturated heterocycles. The maximum absolute atomic E-state index is 13.1. The van der Waals surface area contributed by atoms with Gasteiger partial charge in [-0.25, -0.2) is 8.42 Å². The highest BCUT2D eigenvalue weighted by molar-refractivity contribution is 7.89. The summed E-state index contributed by atoms with van der Waals surface area (Å²) in [6, 6.07) is 12.5. The van der Waals surface area contributed by atoms with Crippen LogP contribution < -0.4 is 5.32 Å². The fraction of sp³-hybridized carbons (Fsp3) is 0.286. The number of aromatic nitrogens is 1. The minimum Gasteiger partial charge on any atom is -0.379 e. The van der Waals surface area contributed by atoms with Crippen LogP contribution in [0.5, 0.6) is 0 Å². The van der Waals surface area contributed by atoms with Crippen LogP contribution in [-0.4, -0.2) is 49.9 Å². The Morgan fingerprint density at radius 2 is 1.83 bits per heavy atom. The number of morpholine rings is 1. The van der Waals surface area contributed by atoms with Crippen LogP contribution in [0.4, 0.5) is 5.69 Å². The van der Waals surface area contributed by atoms with E-state index in [2.05, 4.69) is 10.3 Å². The summed E-state index contributed by atoms with van der Waals surface area (Å²) in [5, 5.41) is 3.68. The van der Waals surface area contributed by atoms with Gasteiger partial charge >= 0.3 is 0 Å². The Balaban J connectivity index is 1.65. The lowest BCUT2D eigenvalue weighted by Crippen LogP contribution is -2.40. The molecule has 1 fully saturated rings. The average molecular weight is 413 g/mol. The Bertz CT molecular complexity index is 1180. The monoisotopic (exact) mass is 413 g/mol. The first-order valence-corrected chi connectivity index (χ1v) is 10.9. The van der Waals surface area contributed by atoms with E-state index >= 15 is 0 Å². The lowest BCUT2D eigenvalue weighted by atomic mass is 10.1. The van der Waals surface area contributed by atoms with Gasteiger partial charge in [0, 0.05) is 35.4 Å². The van der Waals surface area contributed by atoms with Crippen LogP contribution in [0, 0.1) is 13.8 Å². The van der Waals surface area contributed by atoms with Gasteiger partial charge in [0.05, 0.1) is 23.7 Å². The molecule has 3 aromatic rings. The van der Waals surface area contributed by atoms with Crippen LogP contribution >= 0.6 is 0 Å². The van der Waals surface area contributed by atoms with Gasteiger partial charge in [-0.05, 0) is 37.6 Å². The van der Waals surface area contributed by atoms with Gasteiger partial charge in [-0.3, -0.25) is 4.79 Å². The molecular formula is C21H23N3O4S. The summed E-state index contributed by atoms with van der Waals surface area (Å²) < 4.78 is 32.8. The maximum atomic E-state index is 13.1. The second kappa shape index (κ2) is 7.62. The van der Waals surface area contributed by atoms with E-state index in [9.17, 15) is 13.2 Å². The summed E-state index contributed by atoms with van der Waals surface area (Å²) in [5.74, 6) is -0.279. The number of carbonyl (C=O) groups is 1. The number of fused-ring (bicyclic) bond motifs is 1. The molecule has 0 saturated carbocycles. The number of carbonyl (C=O) groups excluding carboxylic acids is 1. The third kappa shape index (κ3) is 3.66. The van der Waals surface area contributed by atoms with Gasteiger partial charge < -0.3 is 15.0 Å². The Morgan fingerprint density at radius 3 is 2.59 bits per heavy atom. The van der Waals surface area contributed by atoms with Crippen LogP contribution in [0.3, 0.4) is 0 Å². The predicted octanol–water partition coefficient (Wildman–Crippen LogP) is 3.06. The highest BCUT2D eigenvalue weighted by atomic mass is 32.2. The van der Waals surface area contributed by atoms with Crippen molar-refractivity contribution in [2.45, 2.75) is 18.7 Å². The van der Waals surface area contributed by atoms with E-state index in [1.807, 2.05) is 31.2 Å². The summed E-state index contributed by atoms with van der Waals surface area (Å²) in [6.07, 6.45) is 0. The number of aryl methyl sites for hydroxylation is 2. The highest BCUT2D eigenvalue weighted by Crippen LogP contribution is 2.26. The fourth-order valence-electron chi connectivity index (χ4n) is 3.64. The van der Waals surface area contributed by atoms with Gasteiger partial charge in [-0.2, -0.15) is 4.31 Å². The molecule has 4 rings (SSSR count). The zero-order valence-corrected chi connectivity index (χ0v) is 17.2. The van der Waals surface area contributed by atoms with Crippen molar-refractivity contribution in [3.05, 3.63) is 59.3 Å². The number of H-pyrrole nitrogens is 1. The maximum Gasteiger partial charge on any atom is 0.258 e. The van der Waals surface area contributed by atoms with Gasteiger partial charge in [0.15, 0.2) is 0 Å². The quantitative estimate of drug-likeness (QED) is 0.688. The largest absolute Gasteiger partial charge is 0.379 e. The second-order valence-electron chi connectivity index (χ2n) is 7.12. The molecule has 8 heteroatoms. The van der Waals surface area contributed by atoms with Gasteiger partial charge in [-0.1, -0.05) is 24.3 Å². The number of amides is 1. The van der Waals surface area contributed by atoms with Crippen molar-refractivity contribution < 1.29 is 17.9 Å². The zero-order chi connectivity index (χ0) is 20.6. The van der Waals surface area contributed by atoms with Gasteiger partial charge in [-0.15, -0.1) is 0 Å². The number of hydrogen-bond donors (Lipinski definition) is 2. The molecule has 0 atom stereocenters. The van der Waals surface area contributed by atoms with E-state index in [1.165, 1.54) is 10.4 Å². The first-order valence-electron chi connectivity index (χ1n) is 9.45. The van der Waals surface area contributed by atoms with Crippen LogP contribution in [-0.2, 0) is 14.8 Å². The third-order valence-corrected chi connectivity index (χ3v) is 7.20. The number of anilines is 1. The highest BCUT2D eigenvalue weighted by Gasteiger charge is 2.28. The number of nitrogens with one attached hydrogen (secondary N) is 2. The summed E-state index contributed by atoms with van der Waals surface area (Å²) >= 11 is 0. The Labute approximate surface area is 169 Å². The molecule has 1 amide bonds. The molecule has 7 nitrogen and oxygen atoms in total. The number of nitrogens with zero attached hydrogens (tertiary/aromatic N) is 1. The van der Waals surface area contributed by atoms with Crippen LogP contribution in [0.1, 0.15) is 21.6 Å². The van der Waals surface area contributed by atoms with Crippen LogP contribution in [0.25, 0.3) is 10.9 Å². The number of rotatable bonds is 4. The van der Waals surface area contributed by atoms with Crippen molar-refractivity contribution in [3.8, 4) is 0 Å². The summed E-state index contributed by atoms with van der Waals surface area (Å²) in [5.41, 5.74) is 3.28. The van der Waals surface area contributed by atoms with E-state index in [0.29, 0.717) is 43.1 Å². The lowest BCUT2D eigenvalue weighted by Gasteiger charge is -2.26. The van der Waals surface area contributed by atoms with Crippen molar-refractivity contribution >= 4 is 32.5 Å². The molecule has 1 aliphatic heterocycles. The van der Waals surface area contributed by atoms with Crippen molar-refractivity contribution in [2.24, 2.45) is 0 Å². The van der Waals surface area contributed by atoms with E-state index < -0.39 is 10.0 Å². The van der Waals surface area contributed by atoms with E-state index in [-0.39, 0.29) is 10.8 Å². The molecule has 2 aromatic carbocycles. The lowest BCUT2D eigenvalue weighted by molar-refractivity contribution is 0.0730. The molecule has 1 aromatic heterocycles. The summed E-state index contributed by atoms with van der Waals surface area (Å²) in [7, 11) is -3.65. The minimum atomic E-state index is -3.65. The number of sulfonamides is 1. The molecule has 2 heterocycles. The molecule has 0 bridgehead atoms. The van der Waals surface area contributed by atoms with Crippen molar-refractivity contribution in [2.75, 3.05) is 31.6 Å². The molecule has 152 valence electrons. The molecule has 0 spiro atoms. The van der Waals surface area contributed by atoms with Crippen molar-refractivity contribution in [3.63, 3.8) is 0 Å². The van der Waals surface area contributed by atoms with E-state index in [1.54, 1.807) is 19.1 Å². The fourth-order valence-corrected chi connectivity index (χ4v) is 5.30. The van der Waals surface area contributed by atoms with Crippen molar-refractivity contribution in [1.29, 1.82) is 0 Å². The van der Waals surface area contributed by atoms with E-state index in [0.717, 1.165) is 16.6 Å².